The number of rotatable bonds is 13. The van der Waals surface area contributed by atoms with E-state index < -0.39 is 5.60 Å². The lowest BCUT2D eigenvalue weighted by Gasteiger charge is -2.36. The Morgan fingerprint density at radius 2 is 1.98 bits per heavy atom. The third kappa shape index (κ3) is 7.31. The van der Waals surface area contributed by atoms with Crippen molar-refractivity contribution in [3.63, 3.8) is 0 Å². The van der Waals surface area contributed by atoms with Gasteiger partial charge in [-0.1, -0.05) is 36.4 Å². The van der Waals surface area contributed by atoms with Gasteiger partial charge in [0.1, 0.15) is 11.9 Å². The predicted octanol–water partition coefficient (Wildman–Crippen LogP) is 6.42. The number of anilines is 1. The number of halogens is 1. The number of hydrogen-bond acceptors (Lipinski definition) is 9. The topological polar surface area (TPSA) is 113 Å². The standard InChI is InChI=1S/C38H43FN8O3/c1-45(36(48)38(49-2)17-5-6-29(22-38)34-23-40-44-43-34)25-30(28-9-11-31(39)12-10-28)13-18-46-19-14-32(15-20-46)41-37-42-33-7-3-4-8-35(33)47(37)24-27-16-21-50-26-27/h3-12,16,21-23,26,30,32,34H,13-15,17-20,24-25H2,1-2H3,(H,41,42). The first-order chi connectivity index (χ1) is 24.4. The van der Waals surface area contributed by atoms with E-state index in [1.807, 2.05) is 61.7 Å². The number of nitrogens with zero attached hydrogens (tertiary/aromatic N) is 7. The van der Waals surface area contributed by atoms with Crippen LogP contribution in [0.25, 0.3) is 11.0 Å². The molecule has 0 radical (unpaired) electrons. The number of likely N-dealkylation sites (tertiary alicyclic amines) is 1. The molecule has 4 heterocycles. The molecule has 2 aromatic heterocycles. The number of benzene rings is 2. The van der Waals surface area contributed by atoms with Crippen molar-refractivity contribution < 1.29 is 18.3 Å². The van der Waals surface area contributed by atoms with Gasteiger partial charge in [0.05, 0.1) is 36.3 Å². The van der Waals surface area contributed by atoms with Crippen molar-refractivity contribution in [1.29, 1.82) is 0 Å². The number of imidazole rings is 1. The lowest BCUT2D eigenvalue weighted by molar-refractivity contribution is -0.148. The number of para-hydroxylation sites is 2. The molecule has 1 saturated heterocycles. The molecule has 0 saturated carbocycles. The number of piperidine rings is 1. The van der Waals surface area contributed by atoms with Crippen LogP contribution in [0.2, 0.25) is 0 Å². The molecular weight excluding hydrogens is 635 g/mol. The number of furan rings is 1. The SMILES string of the molecule is COC1(C(=O)N(C)CC(CCN2CCC(Nc3nc4ccccc4n3Cc3ccoc3)CC2)c2ccc(F)cc2)C=C(C2C=NN=N2)C=CC1. The van der Waals surface area contributed by atoms with E-state index in [0.29, 0.717) is 25.6 Å². The Bertz CT molecular complexity index is 1880. The number of aromatic nitrogens is 2. The Hall–Kier alpha value is -4.94. The first-order valence-corrected chi connectivity index (χ1v) is 17.2. The van der Waals surface area contributed by atoms with Gasteiger partial charge in [0, 0.05) is 57.7 Å². The predicted molar refractivity (Wildman–Crippen MR) is 191 cm³/mol. The lowest BCUT2D eigenvalue weighted by Crippen LogP contribution is -2.49. The lowest BCUT2D eigenvalue weighted by atomic mass is 9.87. The second kappa shape index (κ2) is 14.9. The number of carbonyl (C=O) groups excluding carboxylic acids is 1. The van der Waals surface area contributed by atoms with E-state index in [2.05, 4.69) is 36.3 Å². The summed E-state index contributed by atoms with van der Waals surface area (Å²) >= 11 is 0. The van der Waals surface area contributed by atoms with Crippen molar-refractivity contribution in [2.45, 2.75) is 55.8 Å². The van der Waals surface area contributed by atoms with E-state index >= 15 is 0 Å². The molecule has 11 nitrogen and oxygen atoms in total. The maximum absolute atomic E-state index is 14.0. The van der Waals surface area contributed by atoms with Crippen molar-refractivity contribution in [3.8, 4) is 0 Å². The Labute approximate surface area is 291 Å². The molecule has 1 aliphatic carbocycles. The van der Waals surface area contributed by atoms with E-state index in [4.69, 9.17) is 14.1 Å². The molecule has 12 heteroatoms. The van der Waals surface area contributed by atoms with E-state index in [9.17, 15) is 9.18 Å². The summed E-state index contributed by atoms with van der Waals surface area (Å²) in [7, 11) is 3.38. The van der Waals surface area contributed by atoms with Crippen LogP contribution < -0.4 is 5.32 Å². The van der Waals surface area contributed by atoms with Crippen LogP contribution in [-0.4, -0.2) is 89.5 Å². The summed E-state index contributed by atoms with van der Waals surface area (Å²) in [5.41, 5.74) is 3.84. The first kappa shape index (κ1) is 33.6. The smallest absolute Gasteiger partial charge is 0.258 e. The van der Waals surface area contributed by atoms with Gasteiger partial charge in [-0.05, 0) is 78.6 Å². The summed E-state index contributed by atoms with van der Waals surface area (Å²) in [6.45, 7) is 3.90. The molecule has 0 bridgehead atoms. The van der Waals surface area contributed by atoms with Crippen molar-refractivity contribution in [3.05, 3.63) is 108 Å². The normalized spacial score (nSPS) is 21.5. The minimum Gasteiger partial charge on any atom is -0.472 e. The number of hydrogen-bond donors (Lipinski definition) is 1. The molecule has 3 atom stereocenters. The molecule has 1 fully saturated rings. The number of fused-ring (bicyclic) bond motifs is 1. The summed E-state index contributed by atoms with van der Waals surface area (Å²) in [4.78, 5) is 23.2. The maximum atomic E-state index is 14.0. The molecule has 3 aliphatic rings. The van der Waals surface area contributed by atoms with E-state index in [1.165, 1.54) is 12.1 Å². The monoisotopic (exact) mass is 678 g/mol. The zero-order valence-corrected chi connectivity index (χ0v) is 28.5. The molecule has 50 heavy (non-hydrogen) atoms. The fraction of sp³-hybridized carbons (Fsp3) is 0.395. The third-order valence-corrected chi connectivity index (χ3v) is 10.1. The highest BCUT2D eigenvalue weighted by molar-refractivity contribution is 5.89. The average Bonchev–Trinajstić information content (AvgIpc) is 3.94. The second-order valence-electron chi connectivity index (χ2n) is 13.4. The number of carbonyl (C=O) groups is 1. The number of methoxy groups -OCH3 is 1. The van der Waals surface area contributed by atoms with E-state index in [1.54, 1.807) is 30.8 Å². The average molecular weight is 679 g/mol. The van der Waals surface area contributed by atoms with Crippen LogP contribution in [0.4, 0.5) is 10.3 Å². The van der Waals surface area contributed by atoms with Gasteiger partial charge >= 0.3 is 0 Å². The van der Waals surface area contributed by atoms with Crippen molar-refractivity contribution in [2.75, 3.05) is 45.7 Å². The molecule has 1 amide bonds. The highest BCUT2D eigenvalue weighted by Gasteiger charge is 2.41. The van der Waals surface area contributed by atoms with Crippen LogP contribution in [0.5, 0.6) is 0 Å². The zero-order valence-electron chi connectivity index (χ0n) is 28.5. The number of amides is 1. The zero-order chi connectivity index (χ0) is 34.5. The molecule has 260 valence electrons. The van der Waals surface area contributed by atoms with Crippen LogP contribution in [0.15, 0.2) is 111 Å². The van der Waals surface area contributed by atoms with E-state index in [-0.39, 0.29) is 23.7 Å². The third-order valence-electron chi connectivity index (χ3n) is 10.1. The summed E-state index contributed by atoms with van der Waals surface area (Å²) in [6, 6.07) is 16.8. The van der Waals surface area contributed by atoms with E-state index in [0.717, 1.165) is 72.6 Å². The molecule has 7 rings (SSSR count). The van der Waals surface area contributed by atoms with Gasteiger partial charge < -0.3 is 28.8 Å². The Kier molecular flexibility index (Phi) is 9.99. The summed E-state index contributed by atoms with van der Waals surface area (Å²) in [5, 5.41) is 15.5. The van der Waals surface area contributed by atoms with Crippen molar-refractivity contribution in [1.82, 2.24) is 19.4 Å². The highest BCUT2D eigenvalue weighted by atomic mass is 19.1. The minimum absolute atomic E-state index is 0.00970. The summed E-state index contributed by atoms with van der Waals surface area (Å²) < 4.78 is 27.4. The van der Waals surface area contributed by atoms with Crippen LogP contribution in [0.3, 0.4) is 0 Å². The van der Waals surface area contributed by atoms with Gasteiger partial charge in [-0.15, -0.1) is 5.10 Å². The molecule has 2 aromatic carbocycles. The quantitative estimate of drug-likeness (QED) is 0.175. The number of likely N-dealkylation sites (N-methyl/N-ethyl adjacent to an activating group) is 1. The van der Waals surface area contributed by atoms with Crippen molar-refractivity contribution >= 4 is 29.1 Å². The van der Waals surface area contributed by atoms with Gasteiger partial charge in [0.15, 0.2) is 5.60 Å². The largest absolute Gasteiger partial charge is 0.472 e. The van der Waals surface area contributed by atoms with Gasteiger partial charge in [-0.2, -0.15) is 5.11 Å². The molecular formula is C38H43FN8O3. The Balaban J connectivity index is 0.989. The molecule has 4 aromatic rings. The second-order valence-corrected chi connectivity index (χ2v) is 13.4. The van der Waals surface area contributed by atoms with Crippen LogP contribution in [0, 0.1) is 5.82 Å². The van der Waals surface area contributed by atoms with Gasteiger partial charge in [-0.25, -0.2) is 9.37 Å². The fourth-order valence-corrected chi connectivity index (χ4v) is 7.24. The first-order valence-electron chi connectivity index (χ1n) is 17.2. The van der Waals surface area contributed by atoms with Crippen molar-refractivity contribution in [2.24, 2.45) is 15.4 Å². The van der Waals surface area contributed by atoms with Gasteiger partial charge in [-0.3, -0.25) is 4.79 Å². The van der Waals surface area contributed by atoms with Crippen LogP contribution in [0.1, 0.15) is 42.7 Å². The molecule has 3 unspecified atom stereocenters. The van der Waals surface area contributed by atoms with Crippen LogP contribution in [-0.2, 0) is 16.1 Å². The van der Waals surface area contributed by atoms with Gasteiger partial charge in [0.25, 0.3) is 5.91 Å². The molecule has 0 spiro atoms. The Morgan fingerprint density at radius 3 is 2.72 bits per heavy atom. The summed E-state index contributed by atoms with van der Waals surface area (Å²) in [6.07, 6.45) is 14.1. The maximum Gasteiger partial charge on any atom is 0.258 e. The summed E-state index contributed by atoms with van der Waals surface area (Å²) in [5.74, 6) is 0.476. The Morgan fingerprint density at radius 1 is 1.16 bits per heavy atom. The van der Waals surface area contributed by atoms with Crippen LogP contribution >= 0.6 is 0 Å². The number of nitrogens with one attached hydrogen (secondary N) is 1. The fourth-order valence-electron chi connectivity index (χ4n) is 7.24. The number of ether oxygens (including phenoxy) is 1. The minimum atomic E-state index is -1.15. The highest BCUT2D eigenvalue weighted by Crippen LogP contribution is 2.32. The molecule has 1 N–H and O–H groups in total. The van der Waals surface area contributed by atoms with Gasteiger partial charge in [0.2, 0.25) is 5.95 Å². The molecule has 2 aliphatic heterocycles.